The molecule has 1 heterocycles. The molecule has 1 saturated heterocycles. The highest BCUT2D eigenvalue weighted by atomic mass is 16.2. The van der Waals surface area contributed by atoms with Crippen LogP contribution in [-0.4, -0.2) is 32.2 Å². The summed E-state index contributed by atoms with van der Waals surface area (Å²) in [5, 5.41) is 6.35. The summed E-state index contributed by atoms with van der Waals surface area (Å²) in [6, 6.07) is 9.96. The first-order valence-corrected chi connectivity index (χ1v) is 6.07. The zero-order valence-electron chi connectivity index (χ0n) is 10.1. The Kier molecular flexibility index (Phi) is 3.98. The van der Waals surface area contributed by atoms with Gasteiger partial charge in [0, 0.05) is 18.8 Å². The van der Waals surface area contributed by atoms with Crippen molar-refractivity contribution in [2.75, 3.05) is 25.0 Å². The second-order valence-electron chi connectivity index (χ2n) is 4.37. The largest absolute Gasteiger partial charge is 0.335 e. The van der Waals surface area contributed by atoms with E-state index in [2.05, 4.69) is 10.6 Å². The number of hydrogen-bond acceptors (Lipinski definition) is 2. The number of rotatable bonds is 2. The van der Waals surface area contributed by atoms with Gasteiger partial charge in [-0.2, -0.15) is 0 Å². The van der Waals surface area contributed by atoms with Gasteiger partial charge in [0.2, 0.25) is 0 Å². The minimum absolute atomic E-state index is 0.0249. The van der Waals surface area contributed by atoms with Crippen molar-refractivity contribution in [3.63, 3.8) is 0 Å². The van der Waals surface area contributed by atoms with Gasteiger partial charge in [0.05, 0.1) is 0 Å². The molecule has 0 aromatic heterocycles. The van der Waals surface area contributed by atoms with Gasteiger partial charge in [-0.25, -0.2) is 4.79 Å². The lowest BCUT2D eigenvalue weighted by molar-refractivity contribution is 0.240. The first-order chi connectivity index (χ1) is 8.27. The van der Waals surface area contributed by atoms with Crippen LogP contribution in [0, 0.1) is 0 Å². The summed E-state index contributed by atoms with van der Waals surface area (Å²) in [6.45, 7) is 1.97. The van der Waals surface area contributed by atoms with Crippen LogP contribution in [0.15, 0.2) is 30.3 Å². The van der Waals surface area contributed by atoms with Gasteiger partial charge in [-0.15, -0.1) is 0 Å². The molecule has 0 unspecified atom stereocenters. The average molecular weight is 233 g/mol. The lowest BCUT2D eigenvalue weighted by Crippen LogP contribution is -2.47. The van der Waals surface area contributed by atoms with Gasteiger partial charge in [0.15, 0.2) is 0 Å². The number of nitrogens with zero attached hydrogens (tertiary/aromatic N) is 1. The molecule has 0 spiro atoms. The van der Waals surface area contributed by atoms with Crippen molar-refractivity contribution in [2.45, 2.75) is 18.9 Å². The first-order valence-electron chi connectivity index (χ1n) is 6.07. The van der Waals surface area contributed by atoms with Crippen LogP contribution in [0.4, 0.5) is 10.5 Å². The third-order valence-electron chi connectivity index (χ3n) is 3.11. The highest BCUT2D eigenvalue weighted by molar-refractivity contribution is 5.91. The predicted molar refractivity (Wildman–Crippen MR) is 69.3 cm³/mol. The number of para-hydroxylation sites is 1. The maximum atomic E-state index is 12.0. The highest BCUT2D eigenvalue weighted by Gasteiger charge is 2.18. The van der Waals surface area contributed by atoms with E-state index in [0.29, 0.717) is 6.04 Å². The first kappa shape index (κ1) is 11.9. The van der Waals surface area contributed by atoms with Crippen molar-refractivity contribution in [3.8, 4) is 0 Å². The number of carbonyl (C=O) groups is 1. The van der Waals surface area contributed by atoms with Crippen molar-refractivity contribution in [1.29, 1.82) is 0 Å². The fourth-order valence-electron chi connectivity index (χ4n) is 2.01. The SMILES string of the molecule is CN(C(=O)NC1CCNCC1)c1ccccc1. The smallest absolute Gasteiger partial charge is 0.321 e. The minimum atomic E-state index is -0.0249. The highest BCUT2D eigenvalue weighted by Crippen LogP contribution is 2.11. The zero-order valence-corrected chi connectivity index (χ0v) is 10.1. The maximum Gasteiger partial charge on any atom is 0.321 e. The average Bonchev–Trinajstić information content (AvgIpc) is 2.40. The molecule has 1 fully saturated rings. The number of benzene rings is 1. The molecule has 1 aliphatic rings. The van der Waals surface area contributed by atoms with Gasteiger partial charge in [-0.1, -0.05) is 18.2 Å². The van der Waals surface area contributed by atoms with Crippen LogP contribution < -0.4 is 15.5 Å². The van der Waals surface area contributed by atoms with E-state index in [-0.39, 0.29) is 6.03 Å². The summed E-state index contributed by atoms with van der Waals surface area (Å²) in [4.78, 5) is 13.7. The van der Waals surface area contributed by atoms with Crippen molar-refractivity contribution < 1.29 is 4.79 Å². The van der Waals surface area contributed by atoms with Crippen LogP contribution in [0.2, 0.25) is 0 Å². The quantitative estimate of drug-likeness (QED) is 0.814. The molecule has 0 bridgehead atoms. The summed E-state index contributed by atoms with van der Waals surface area (Å²) in [5.41, 5.74) is 0.916. The molecular weight excluding hydrogens is 214 g/mol. The number of urea groups is 1. The number of amides is 2. The molecule has 2 N–H and O–H groups in total. The third-order valence-corrected chi connectivity index (χ3v) is 3.11. The van der Waals surface area contributed by atoms with Crippen LogP contribution in [0.3, 0.4) is 0 Å². The second-order valence-corrected chi connectivity index (χ2v) is 4.37. The Morgan fingerprint density at radius 2 is 1.94 bits per heavy atom. The second kappa shape index (κ2) is 5.68. The number of nitrogens with one attached hydrogen (secondary N) is 2. The Balaban J connectivity index is 1.91. The number of hydrogen-bond donors (Lipinski definition) is 2. The Labute approximate surface area is 102 Å². The van der Waals surface area contributed by atoms with E-state index < -0.39 is 0 Å². The molecule has 1 aromatic carbocycles. The molecule has 0 radical (unpaired) electrons. The molecule has 4 nitrogen and oxygen atoms in total. The molecule has 4 heteroatoms. The van der Waals surface area contributed by atoms with Crippen molar-refractivity contribution >= 4 is 11.7 Å². The Bertz CT molecular complexity index is 360. The summed E-state index contributed by atoms with van der Waals surface area (Å²) in [7, 11) is 1.80. The molecule has 2 amide bonds. The van der Waals surface area contributed by atoms with Gasteiger partial charge in [-0.05, 0) is 38.1 Å². The molecule has 92 valence electrons. The van der Waals surface area contributed by atoms with Crippen molar-refractivity contribution in [2.24, 2.45) is 0 Å². The fourth-order valence-corrected chi connectivity index (χ4v) is 2.01. The van der Waals surface area contributed by atoms with Gasteiger partial charge in [0.1, 0.15) is 0 Å². The van der Waals surface area contributed by atoms with Gasteiger partial charge in [-0.3, -0.25) is 4.90 Å². The predicted octanol–water partition coefficient (Wildman–Crippen LogP) is 1.58. The summed E-state index contributed by atoms with van der Waals surface area (Å²) in [6.07, 6.45) is 2.02. The molecular formula is C13H19N3O. The lowest BCUT2D eigenvalue weighted by Gasteiger charge is -2.26. The van der Waals surface area contributed by atoms with E-state index in [1.165, 1.54) is 0 Å². The molecule has 0 aliphatic carbocycles. The van der Waals surface area contributed by atoms with E-state index >= 15 is 0 Å². The van der Waals surface area contributed by atoms with E-state index in [9.17, 15) is 4.79 Å². The normalized spacial score (nSPS) is 16.5. The zero-order chi connectivity index (χ0) is 12.1. The molecule has 2 rings (SSSR count). The van der Waals surface area contributed by atoms with E-state index in [1.807, 2.05) is 30.3 Å². The molecule has 1 aliphatic heterocycles. The standard InChI is InChI=1S/C13H19N3O/c1-16(12-5-3-2-4-6-12)13(17)15-11-7-9-14-10-8-11/h2-6,11,14H,7-10H2,1H3,(H,15,17). The van der Waals surface area contributed by atoms with E-state index in [4.69, 9.17) is 0 Å². The van der Waals surface area contributed by atoms with Crippen LogP contribution in [0.25, 0.3) is 0 Å². The van der Waals surface area contributed by atoms with Crippen LogP contribution >= 0.6 is 0 Å². The van der Waals surface area contributed by atoms with Crippen LogP contribution in [0.1, 0.15) is 12.8 Å². The number of piperidine rings is 1. The fraction of sp³-hybridized carbons (Fsp3) is 0.462. The van der Waals surface area contributed by atoms with Crippen LogP contribution in [-0.2, 0) is 0 Å². The Morgan fingerprint density at radius 1 is 1.29 bits per heavy atom. The molecule has 1 aromatic rings. The Morgan fingerprint density at radius 3 is 2.59 bits per heavy atom. The summed E-state index contributed by atoms with van der Waals surface area (Å²) >= 11 is 0. The lowest BCUT2D eigenvalue weighted by atomic mass is 10.1. The summed E-state index contributed by atoms with van der Waals surface area (Å²) in [5.74, 6) is 0. The molecule has 0 atom stereocenters. The molecule has 17 heavy (non-hydrogen) atoms. The minimum Gasteiger partial charge on any atom is -0.335 e. The van der Waals surface area contributed by atoms with E-state index in [1.54, 1.807) is 11.9 Å². The van der Waals surface area contributed by atoms with Gasteiger partial charge < -0.3 is 10.6 Å². The number of anilines is 1. The van der Waals surface area contributed by atoms with Crippen molar-refractivity contribution in [3.05, 3.63) is 30.3 Å². The number of carbonyl (C=O) groups excluding carboxylic acids is 1. The monoisotopic (exact) mass is 233 g/mol. The van der Waals surface area contributed by atoms with Crippen molar-refractivity contribution in [1.82, 2.24) is 10.6 Å². The summed E-state index contributed by atoms with van der Waals surface area (Å²) < 4.78 is 0. The third kappa shape index (κ3) is 3.20. The molecule has 0 saturated carbocycles. The van der Waals surface area contributed by atoms with E-state index in [0.717, 1.165) is 31.6 Å². The Hall–Kier alpha value is -1.55. The maximum absolute atomic E-state index is 12.0. The van der Waals surface area contributed by atoms with Gasteiger partial charge >= 0.3 is 6.03 Å². The topological polar surface area (TPSA) is 44.4 Å². The van der Waals surface area contributed by atoms with Crippen LogP contribution in [0.5, 0.6) is 0 Å². The van der Waals surface area contributed by atoms with Gasteiger partial charge in [0.25, 0.3) is 0 Å².